The zero-order chi connectivity index (χ0) is 21.8. The van der Waals surface area contributed by atoms with Gasteiger partial charge in [0.05, 0.1) is 0 Å². The number of hydrogen-bond donors (Lipinski definition) is 2. The molecule has 1 atom stereocenters. The van der Waals surface area contributed by atoms with Gasteiger partial charge < -0.3 is 9.88 Å². The summed E-state index contributed by atoms with van der Waals surface area (Å²) in [6, 6.07) is 16.5. The van der Waals surface area contributed by atoms with Gasteiger partial charge >= 0.3 is 0 Å². The standard InChI is InChI=1S/C24H32N4O2S/c1-27(2)20-13-11-19(12-14-20)22(23-17-25-24-10-6-5-9-21(23)24)18-26-31(29,30)28-15-7-3-4-8-16-28/h5-6,9-14,17,22,25-26H,3-4,7-8,15-16,18H2,1-2H3. The average molecular weight is 441 g/mol. The summed E-state index contributed by atoms with van der Waals surface area (Å²) in [5, 5.41) is 1.12. The lowest BCUT2D eigenvalue weighted by Crippen LogP contribution is -2.42. The molecule has 0 amide bonds. The minimum atomic E-state index is -3.51. The Morgan fingerprint density at radius 2 is 1.68 bits per heavy atom. The van der Waals surface area contributed by atoms with E-state index in [0.29, 0.717) is 19.6 Å². The predicted molar refractivity (Wildman–Crippen MR) is 128 cm³/mol. The van der Waals surface area contributed by atoms with Gasteiger partial charge in [-0.2, -0.15) is 12.7 Å². The van der Waals surface area contributed by atoms with Gasteiger partial charge in [0.25, 0.3) is 10.2 Å². The van der Waals surface area contributed by atoms with Crippen molar-refractivity contribution in [2.45, 2.75) is 31.6 Å². The van der Waals surface area contributed by atoms with Gasteiger partial charge in [-0.3, -0.25) is 0 Å². The minimum absolute atomic E-state index is 0.0888. The van der Waals surface area contributed by atoms with Crippen molar-refractivity contribution in [1.82, 2.24) is 14.0 Å². The molecule has 1 aromatic heterocycles. The van der Waals surface area contributed by atoms with Crippen molar-refractivity contribution in [3.05, 3.63) is 65.9 Å². The molecule has 4 rings (SSSR count). The second kappa shape index (κ2) is 9.42. The number of aromatic amines is 1. The molecule has 1 aliphatic rings. The van der Waals surface area contributed by atoms with E-state index in [0.717, 1.165) is 53.4 Å². The lowest BCUT2D eigenvalue weighted by atomic mass is 9.91. The van der Waals surface area contributed by atoms with Crippen molar-refractivity contribution in [3.63, 3.8) is 0 Å². The number of rotatable bonds is 7. The Balaban J connectivity index is 1.64. The van der Waals surface area contributed by atoms with Crippen LogP contribution < -0.4 is 9.62 Å². The lowest BCUT2D eigenvalue weighted by molar-refractivity contribution is 0.414. The highest BCUT2D eigenvalue weighted by Crippen LogP contribution is 2.31. The van der Waals surface area contributed by atoms with Crippen LogP contribution in [0.3, 0.4) is 0 Å². The number of fused-ring (bicyclic) bond motifs is 1. The molecule has 0 aliphatic carbocycles. The molecule has 31 heavy (non-hydrogen) atoms. The van der Waals surface area contributed by atoms with Crippen LogP contribution in [0.5, 0.6) is 0 Å². The number of anilines is 1. The predicted octanol–water partition coefficient (Wildman–Crippen LogP) is 4.08. The summed E-state index contributed by atoms with van der Waals surface area (Å²) in [7, 11) is 0.520. The van der Waals surface area contributed by atoms with E-state index in [2.05, 4.69) is 44.9 Å². The number of H-pyrrole nitrogens is 1. The van der Waals surface area contributed by atoms with Crippen LogP contribution in [-0.2, 0) is 10.2 Å². The first-order chi connectivity index (χ1) is 15.0. The van der Waals surface area contributed by atoms with Crippen LogP contribution in [0.2, 0.25) is 0 Å². The van der Waals surface area contributed by atoms with E-state index >= 15 is 0 Å². The number of nitrogens with zero attached hydrogens (tertiary/aromatic N) is 2. The van der Waals surface area contributed by atoms with Crippen LogP contribution in [0.15, 0.2) is 54.7 Å². The van der Waals surface area contributed by atoms with Gasteiger partial charge in [-0.15, -0.1) is 0 Å². The van der Waals surface area contributed by atoms with Crippen LogP contribution in [0.25, 0.3) is 10.9 Å². The van der Waals surface area contributed by atoms with Gasteiger partial charge in [0.1, 0.15) is 0 Å². The summed E-state index contributed by atoms with van der Waals surface area (Å²) in [4.78, 5) is 5.40. The molecule has 166 valence electrons. The zero-order valence-corrected chi connectivity index (χ0v) is 19.2. The van der Waals surface area contributed by atoms with Crippen LogP contribution in [-0.4, -0.2) is 51.4 Å². The molecule has 2 heterocycles. The van der Waals surface area contributed by atoms with Crippen LogP contribution in [0, 0.1) is 0 Å². The number of nitrogens with one attached hydrogen (secondary N) is 2. The molecule has 2 aromatic carbocycles. The number of para-hydroxylation sites is 1. The van der Waals surface area contributed by atoms with Crippen molar-refractivity contribution in [1.29, 1.82) is 0 Å². The van der Waals surface area contributed by atoms with Gasteiger partial charge in [0, 0.05) is 62.4 Å². The quantitative estimate of drug-likeness (QED) is 0.582. The molecule has 3 aromatic rings. The summed E-state index contributed by atoms with van der Waals surface area (Å²) in [5.41, 5.74) is 4.37. The molecule has 1 unspecified atom stereocenters. The van der Waals surface area contributed by atoms with Gasteiger partial charge in [-0.05, 0) is 42.2 Å². The Bertz CT molecular complexity index is 1100. The zero-order valence-electron chi connectivity index (χ0n) is 18.3. The van der Waals surface area contributed by atoms with Crippen LogP contribution in [0.4, 0.5) is 5.69 Å². The monoisotopic (exact) mass is 440 g/mol. The average Bonchev–Trinajstić information content (AvgIpc) is 2.99. The van der Waals surface area contributed by atoms with Gasteiger partial charge in [0.15, 0.2) is 0 Å². The molecule has 1 saturated heterocycles. The highest BCUT2D eigenvalue weighted by molar-refractivity contribution is 7.87. The Kier molecular flexibility index (Phi) is 6.65. The first kappa shape index (κ1) is 21.9. The van der Waals surface area contributed by atoms with Crippen molar-refractivity contribution < 1.29 is 8.42 Å². The maximum atomic E-state index is 13.1. The summed E-state index contributed by atoms with van der Waals surface area (Å²) < 4.78 is 30.6. The molecular formula is C24H32N4O2S. The third-order valence-electron chi connectivity index (χ3n) is 6.18. The topological polar surface area (TPSA) is 68.4 Å². The molecule has 7 heteroatoms. The maximum absolute atomic E-state index is 13.1. The molecule has 1 aliphatic heterocycles. The third-order valence-corrected chi connectivity index (χ3v) is 7.76. The van der Waals surface area contributed by atoms with E-state index in [9.17, 15) is 8.42 Å². The van der Waals surface area contributed by atoms with Crippen LogP contribution >= 0.6 is 0 Å². The Labute approximate surface area is 185 Å². The smallest absolute Gasteiger partial charge is 0.279 e. The highest BCUT2D eigenvalue weighted by Gasteiger charge is 2.26. The molecule has 0 spiro atoms. The molecule has 0 bridgehead atoms. The fourth-order valence-corrected chi connectivity index (χ4v) is 5.66. The molecule has 0 radical (unpaired) electrons. The van der Waals surface area contributed by atoms with E-state index in [1.54, 1.807) is 4.31 Å². The molecule has 6 nitrogen and oxygen atoms in total. The van der Waals surface area contributed by atoms with Gasteiger partial charge in [-0.1, -0.05) is 43.2 Å². The normalized spacial score (nSPS) is 16.8. The largest absolute Gasteiger partial charge is 0.378 e. The second-order valence-electron chi connectivity index (χ2n) is 8.49. The van der Waals surface area contributed by atoms with E-state index in [1.165, 1.54) is 0 Å². The summed E-state index contributed by atoms with van der Waals surface area (Å²) in [6.45, 7) is 1.53. The lowest BCUT2D eigenvalue weighted by Gasteiger charge is -2.24. The maximum Gasteiger partial charge on any atom is 0.279 e. The van der Waals surface area contributed by atoms with Gasteiger partial charge in [0.2, 0.25) is 0 Å². The molecule has 0 saturated carbocycles. The minimum Gasteiger partial charge on any atom is -0.378 e. The highest BCUT2D eigenvalue weighted by atomic mass is 32.2. The number of benzene rings is 2. The van der Waals surface area contributed by atoms with Gasteiger partial charge in [-0.25, -0.2) is 4.72 Å². The van der Waals surface area contributed by atoms with Crippen molar-refractivity contribution >= 4 is 26.8 Å². The Morgan fingerprint density at radius 1 is 1.00 bits per heavy atom. The molecular weight excluding hydrogens is 408 g/mol. The van der Waals surface area contributed by atoms with Crippen LogP contribution in [0.1, 0.15) is 42.7 Å². The van der Waals surface area contributed by atoms with Crippen molar-refractivity contribution in [3.8, 4) is 0 Å². The molecule has 1 fully saturated rings. The van der Waals surface area contributed by atoms with E-state index in [1.807, 2.05) is 38.5 Å². The molecule has 2 N–H and O–H groups in total. The number of hydrogen-bond acceptors (Lipinski definition) is 3. The summed E-state index contributed by atoms with van der Waals surface area (Å²) >= 11 is 0. The first-order valence-corrected chi connectivity index (χ1v) is 12.5. The third kappa shape index (κ3) is 4.95. The summed E-state index contributed by atoms with van der Waals surface area (Å²) in [6.07, 6.45) is 6.07. The van der Waals surface area contributed by atoms with E-state index in [-0.39, 0.29) is 5.92 Å². The van der Waals surface area contributed by atoms with Crippen molar-refractivity contribution in [2.75, 3.05) is 38.6 Å². The SMILES string of the molecule is CN(C)c1ccc(C(CNS(=O)(=O)N2CCCCCC2)c2c[nH]c3ccccc23)cc1. The Morgan fingerprint density at radius 3 is 2.35 bits per heavy atom. The van der Waals surface area contributed by atoms with Crippen molar-refractivity contribution in [2.24, 2.45) is 0 Å². The van der Waals surface area contributed by atoms with E-state index in [4.69, 9.17) is 0 Å². The Hall–Kier alpha value is -2.35. The van der Waals surface area contributed by atoms with E-state index < -0.39 is 10.2 Å². The number of aromatic nitrogens is 1. The fourth-order valence-electron chi connectivity index (χ4n) is 4.36. The second-order valence-corrected chi connectivity index (χ2v) is 10.3. The first-order valence-electron chi connectivity index (χ1n) is 11.0. The summed E-state index contributed by atoms with van der Waals surface area (Å²) in [5.74, 6) is -0.0888. The fraction of sp³-hybridized carbons (Fsp3) is 0.417.